The summed E-state index contributed by atoms with van der Waals surface area (Å²) in [5, 5.41) is 3.60. The summed E-state index contributed by atoms with van der Waals surface area (Å²) in [7, 11) is 0. The Labute approximate surface area is 125 Å². The molecular weight excluding hydrogens is 258 g/mol. The van der Waals surface area contributed by atoms with Crippen molar-refractivity contribution < 1.29 is 0 Å². The Hall–Kier alpha value is -2.13. The Morgan fingerprint density at radius 3 is 2.38 bits per heavy atom. The van der Waals surface area contributed by atoms with Gasteiger partial charge in [0.15, 0.2) is 0 Å². The zero-order valence-electron chi connectivity index (χ0n) is 12.7. The van der Waals surface area contributed by atoms with E-state index in [1.54, 1.807) is 0 Å². The van der Waals surface area contributed by atoms with Crippen LogP contribution in [0.4, 0.5) is 0 Å². The average Bonchev–Trinajstić information content (AvgIpc) is 2.92. The largest absolute Gasteiger partial charge is 0.341 e. The van der Waals surface area contributed by atoms with E-state index < -0.39 is 0 Å². The van der Waals surface area contributed by atoms with Gasteiger partial charge in [-0.2, -0.15) is 0 Å². The molecule has 0 aliphatic heterocycles. The molecule has 108 valence electrons. The molecule has 3 nitrogen and oxygen atoms in total. The van der Waals surface area contributed by atoms with Crippen molar-refractivity contribution in [3.05, 3.63) is 65.5 Å². The van der Waals surface area contributed by atoms with Crippen LogP contribution in [0.15, 0.2) is 48.5 Å². The van der Waals surface area contributed by atoms with E-state index in [4.69, 9.17) is 0 Å². The smallest absolute Gasteiger partial charge is 0.124 e. The van der Waals surface area contributed by atoms with Crippen molar-refractivity contribution in [3.8, 4) is 0 Å². The second-order valence-corrected chi connectivity index (χ2v) is 5.66. The van der Waals surface area contributed by atoms with Crippen LogP contribution < -0.4 is 5.32 Å². The molecule has 2 N–H and O–H groups in total. The van der Waals surface area contributed by atoms with Crippen LogP contribution >= 0.6 is 0 Å². The quantitative estimate of drug-likeness (QED) is 0.748. The second kappa shape index (κ2) is 5.70. The first-order chi connectivity index (χ1) is 10.1. The first kappa shape index (κ1) is 13.8. The van der Waals surface area contributed by atoms with Crippen molar-refractivity contribution in [2.24, 2.45) is 0 Å². The van der Waals surface area contributed by atoms with Crippen molar-refractivity contribution in [2.45, 2.75) is 32.9 Å². The van der Waals surface area contributed by atoms with Gasteiger partial charge in [-0.25, -0.2) is 4.98 Å². The summed E-state index contributed by atoms with van der Waals surface area (Å²) >= 11 is 0. The Bertz CT molecular complexity index is 695. The lowest BCUT2D eigenvalue weighted by atomic mass is 10.1. The molecule has 3 rings (SSSR count). The van der Waals surface area contributed by atoms with Crippen molar-refractivity contribution in [1.29, 1.82) is 0 Å². The summed E-state index contributed by atoms with van der Waals surface area (Å²) in [5.74, 6) is 0.982. The normalized spacial score (nSPS) is 14.2. The van der Waals surface area contributed by atoms with Crippen LogP contribution in [0.5, 0.6) is 0 Å². The highest BCUT2D eigenvalue weighted by Gasteiger charge is 2.14. The summed E-state index contributed by atoms with van der Waals surface area (Å²) in [6.45, 7) is 6.44. The standard InChI is InChI=1S/C18H21N3/c1-12-8-10-15(11-9-12)13(2)19-14(3)18-20-16-6-4-5-7-17(16)21-18/h4-11,13-14,19H,1-3H3,(H,20,21). The van der Waals surface area contributed by atoms with E-state index in [0.717, 1.165) is 16.9 Å². The topological polar surface area (TPSA) is 40.7 Å². The summed E-state index contributed by atoms with van der Waals surface area (Å²) in [6, 6.07) is 17.3. The van der Waals surface area contributed by atoms with E-state index in [-0.39, 0.29) is 12.1 Å². The molecule has 0 saturated heterocycles. The number of imidazole rings is 1. The fraction of sp³-hybridized carbons (Fsp3) is 0.278. The van der Waals surface area contributed by atoms with Gasteiger partial charge in [-0.3, -0.25) is 0 Å². The van der Waals surface area contributed by atoms with E-state index in [2.05, 4.69) is 66.4 Å². The monoisotopic (exact) mass is 279 g/mol. The first-order valence-electron chi connectivity index (χ1n) is 7.41. The third kappa shape index (κ3) is 2.98. The fourth-order valence-electron chi connectivity index (χ4n) is 2.58. The minimum absolute atomic E-state index is 0.175. The Kier molecular flexibility index (Phi) is 3.76. The maximum Gasteiger partial charge on any atom is 0.124 e. The van der Waals surface area contributed by atoms with Crippen LogP contribution in [0.2, 0.25) is 0 Å². The number of hydrogen-bond acceptors (Lipinski definition) is 2. The number of H-pyrrole nitrogens is 1. The molecule has 0 amide bonds. The van der Waals surface area contributed by atoms with Crippen LogP contribution in [0.3, 0.4) is 0 Å². The molecule has 1 heterocycles. The lowest BCUT2D eigenvalue weighted by molar-refractivity contribution is 0.480. The van der Waals surface area contributed by atoms with Crippen LogP contribution in [0.1, 0.15) is 42.9 Å². The third-order valence-corrected chi connectivity index (χ3v) is 3.90. The van der Waals surface area contributed by atoms with E-state index >= 15 is 0 Å². The molecule has 0 bridgehead atoms. The predicted molar refractivity (Wildman–Crippen MR) is 87.2 cm³/mol. The number of nitrogens with zero attached hydrogens (tertiary/aromatic N) is 1. The highest BCUT2D eigenvalue weighted by molar-refractivity contribution is 5.74. The van der Waals surface area contributed by atoms with Crippen molar-refractivity contribution >= 4 is 11.0 Å². The molecule has 21 heavy (non-hydrogen) atoms. The lowest BCUT2D eigenvalue weighted by Crippen LogP contribution is -2.23. The number of nitrogens with one attached hydrogen (secondary N) is 2. The van der Waals surface area contributed by atoms with Crippen LogP contribution in [0, 0.1) is 6.92 Å². The number of aromatic amines is 1. The molecule has 2 unspecified atom stereocenters. The minimum Gasteiger partial charge on any atom is -0.341 e. The third-order valence-electron chi connectivity index (χ3n) is 3.90. The Morgan fingerprint density at radius 1 is 0.952 bits per heavy atom. The number of para-hydroxylation sites is 2. The maximum atomic E-state index is 4.66. The van der Waals surface area contributed by atoms with E-state index in [0.29, 0.717) is 0 Å². The highest BCUT2D eigenvalue weighted by atomic mass is 15.0. The molecule has 3 heteroatoms. The first-order valence-corrected chi connectivity index (χ1v) is 7.41. The van der Waals surface area contributed by atoms with Gasteiger partial charge in [-0.1, -0.05) is 42.0 Å². The highest BCUT2D eigenvalue weighted by Crippen LogP contribution is 2.20. The Morgan fingerprint density at radius 2 is 1.67 bits per heavy atom. The summed E-state index contributed by atoms with van der Waals surface area (Å²) < 4.78 is 0. The molecular formula is C18H21N3. The van der Waals surface area contributed by atoms with Crippen LogP contribution in [-0.4, -0.2) is 9.97 Å². The van der Waals surface area contributed by atoms with Gasteiger partial charge in [0.25, 0.3) is 0 Å². The van der Waals surface area contributed by atoms with Crippen LogP contribution in [-0.2, 0) is 0 Å². The van der Waals surface area contributed by atoms with Crippen molar-refractivity contribution in [3.63, 3.8) is 0 Å². The van der Waals surface area contributed by atoms with Gasteiger partial charge in [0.1, 0.15) is 5.82 Å². The molecule has 0 fully saturated rings. The zero-order valence-corrected chi connectivity index (χ0v) is 12.7. The van der Waals surface area contributed by atoms with Gasteiger partial charge < -0.3 is 10.3 Å². The van der Waals surface area contributed by atoms with Gasteiger partial charge in [0.05, 0.1) is 17.1 Å². The predicted octanol–water partition coefficient (Wildman–Crippen LogP) is 4.28. The van der Waals surface area contributed by atoms with Gasteiger partial charge in [0, 0.05) is 6.04 Å². The van der Waals surface area contributed by atoms with Gasteiger partial charge in [-0.05, 0) is 38.5 Å². The number of aromatic nitrogens is 2. The molecule has 0 radical (unpaired) electrons. The minimum atomic E-state index is 0.175. The van der Waals surface area contributed by atoms with Crippen molar-refractivity contribution in [1.82, 2.24) is 15.3 Å². The molecule has 0 saturated carbocycles. The Balaban J connectivity index is 1.75. The molecule has 0 aliphatic rings. The fourth-order valence-corrected chi connectivity index (χ4v) is 2.58. The van der Waals surface area contributed by atoms with E-state index in [1.807, 2.05) is 18.2 Å². The van der Waals surface area contributed by atoms with Gasteiger partial charge >= 0.3 is 0 Å². The number of fused-ring (bicyclic) bond motifs is 1. The number of benzene rings is 2. The summed E-state index contributed by atoms with van der Waals surface area (Å²) in [5.41, 5.74) is 4.69. The van der Waals surface area contributed by atoms with E-state index in [1.165, 1.54) is 11.1 Å². The second-order valence-electron chi connectivity index (χ2n) is 5.66. The maximum absolute atomic E-state index is 4.66. The van der Waals surface area contributed by atoms with Gasteiger partial charge in [-0.15, -0.1) is 0 Å². The van der Waals surface area contributed by atoms with E-state index in [9.17, 15) is 0 Å². The number of aryl methyl sites for hydroxylation is 1. The molecule has 0 aliphatic carbocycles. The van der Waals surface area contributed by atoms with Gasteiger partial charge in [0.2, 0.25) is 0 Å². The molecule has 0 spiro atoms. The lowest BCUT2D eigenvalue weighted by Gasteiger charge is -2.19. The molecule has 3 aromatic rings. The SMILES string of the molecule is Cc1ccc(C(C)NC(C)c2nc3ccccc3[nH]2)cc1. The number of hydrogen-bond donors (Lipinski definition) is 2. The zero-order chi connectivity index (χ0) is 14.8. The van der Waals surface area contributed by atoms with Crippen molar-refractivity contribution in [2.75, 3.05) is 0 Å². The molecule has 2 atom stereocenters. The number of rotatable bonds is 4. The van der Waals surface area contributed by atoms with Crippen LogP contribution in [0.25, 0.3) is 11.0 Å². The average molecular weight is 279 g/mol. The molecule has 2 aromatic carbocycles. The summed E-state index contributed by atoms with van der Waals surface area (Å²) in [4.78, 5) is 8.04. The molecule has 1 aromatic heterocycles. The summed E-state index contributed by atoms with van der Waals surface area (Å²) in [6.07, 6.45) is 0.